The van der Waals surface area contributed by atoms with Crippen LogP contribution in [0.25, 0.3) is 10.9 Å². The predicted octanol–water partition coefficient (Wildman–Crippen LogP) is 3.04. The number of aromatic nitrogens is 1. The van der Waals surface area contributed by atoms with Crippen LogP contribution in [0.5, 0.6) is 0 Å². The number of rotatable bonds is 3. The smallest absolute Gasteiger partial charge is 0.0770 e. The normalized spacial score (nSPS) is 18.5. The first-order valence-electron chi connectivity index (χ1n) is 6.37. The van der Waals surface area contributed by atoms with Crippen LogP contribution in [0.2, 0.25) is 0 Å². The first-order chi connectivity index (χ1) is 8.72. The van der Waals surface area contributed by atoms with E-state index in [1.807, 2.05) is 13.1 Å². The van der Waals surface area contributed by atoms with Crippen molar-refractivity contribution in [2.45, 2.75) is 25.8 Å². The molecule has 1 aromatic heterocycles. The fraction of sp³-hybridized carbons (Fsp3) is 0.400. The van der Waals surface area contributed by atoms with Crippen LogP contribution < -0.4 is 5.32 Å². The Hall–Kier alpha value is -1.79. The Morgan fingerprint density at radius 2 is 2.11 bits per heavy atom. The van der Waals surface area contributed by atoms with Crippen molar-refractivity contribution in [3.05, 3.63) is 35.5 Å². The Morgan fingerprint density at radius 1 is 1.39 bits per heavy atom. The second kappa shape index (κ2) is 3.86. The van der Waals surface area contributed by atoms with Gasteiger partial charge in [-0.2, -0.15) is 5.26 Å². The van der Waals surface area contributed by atoms with E-state index in [2.05, 4.69) is 41.5 Å². The van der Waals surface area contributed by atoms with Crippen LogP contribution in [0.4, 0.5) is 0 Å². The van der Waals surface area contributed by atoms with E-state index in [1.54, 1.807) is 0 Å². The summed E-state index contributed by atoms with van der Waals surface area (Å²) in [7, 11) is 1.95. The molecule has 3 heteroatoms. The van der Waals surface area contributed by atoms with Crippen molar-refractivity contribution in [2.24, 2.45) is 5.41 Å². The minimum absolute atomic E-state index is 0.124. The molecule has 1 aromatic carbocycles. The fourth-order valence-electron chi connectivity index (χ4n) is 2.97. The number of hydrogen-bond donors (Lipinski definition) is 2. The molecule has 0 radical (unpaired) electrons. The molecule has 0 amide bonds. The Kier molecular flexibility index (Phi) is 2.42. The summed E-state index contributed by atoms with van der Waals surface area (Å²) in [5.41, 5.74) is 3.37. The van der Waals surface area contributed by atoms with Gasteiger partial charge in [0.25, 0.3) is 0 Å². The highest BCUT2D eigenvalue weighted by Crippen LogP contribution is 2.55. The average Bonchev–Trinajstić information content (AvgIpc) is 3.11. The van der Waals surface area contributed by atoms with Crippen molar-refractivity contribution in [1.82, 2.24) is 10.3 Å². The van der Waals surface area contributed by atoms with Gasteiger partial charge in [-0.25, -0.2) is 0 Å². The third-order valence-corrected chi connectivity index (χ3v) is 4.08. The molecule has 1 unspecified atom stereocenters. The molecule has 92 valence electrons. The lowest BCUT2D eigenvalue weighted by atomic mass is 9.89. The quantitative estimate of drug-likeness (QED) is 0.865. The van der Waals surface area contributed by atoms with Crippen LogP contribution in [-0.4, -0.2) is 12.0 Å². The summed E-state index contributed by atoms with van der Waals surface area (Å²) in [6.07, 6.45) is 1.99. The van der Waals surface area contributed by atoms with E-state index in [4.69, 9.17) is 0 Å². The maximum Gasteiger partial charge on any atom is 0.0770 e. The van der Waals surface area contributed by atoms with E-state index in [0.717, 1.165) is 24.1 Å². The van der Waals surface area contributed by atoms with Crippen molar-refractivity contribution >= 4 is 10.9 Å². The van der Waals surface area contributed by atoms with Crippen LogP contribution in [0.3, 0.4) is 0 Å². The van der Waals surface area contributed by atoms with E-state index in [0.29, 0.717) is 0 Å². The molecule has 1 aliphatic rings. The van der Waals surface area contributed by atoms with Gasteiger partial charge in [0.1, 0.15) is 0 Å². The molecule has 1 fully saturated rings. The molecule has 1 saturated carbocycles. The summed E-state index contributed by atoms with van der Waals surface area (Å²) in [6, 6.07) is 10.9. The molecule has 0 saturated heterocycles. The van der Waals surface area contributed by atoms with Gasteiger partial charge in [-0.15, -0.1) is 0 Å². The molecule has 1 aliphatic carbocycles. The zero-order valence-electron chi connectivity index (χ0n) is 10.7. The lowest BCUT2D eigenvalue weighted by molar-refractivity contribution is 0.445. The molecule has 2 N–H and O–H groups in total. The molecule has 3 rings (SSSR count). The van der Waals surface area contributed by atoms with Crippen molar-refractivity contribution in [1.29, 1.82) is 5.26 Å². The lowest BCUT2D eigenvalue weighted by Crippen LogP contribution is -2.26. The number of fused-ring (bicyclic) bond motifs is 1. The summed E-state index contributed by atoms with van der Waals surface area (Å²) in [4.78, 5) is 3.42. The van der Waals surface area contributed by atoms with Crippen molar-refractivity contribution in [2.75, 3.05) is 7.05 Å². The molecule has 0 aliphatic heterocycles. The highest BCUT2D eigenvalue weighted by molar-refractivity contribution is 5.85. The predicted molar refractivity (Wildman–Crippen MR) is 72.1 cm³/mol. The monoisotopic (exact) mass is 239 g/mol. The third kappa shape index (κ3) is 1.46. The first kappa shape index (κ1) is 11.3. The average molecular weight is 239 g/mol. The van der Waals surface area contributed by atoms with E-state index in [1.165, 1.54) is 10.9 Å². The Bertz CT molecular complexity index is 629. The molecule has 0 spiro atoms. The molecule has 1 heterocycles. The number of aromatic amines is 1. The SMILES string of the molecule is CNC(c1c(C)[nH]c2ccccc12)C1(C#N)CC1. The number of aryl methyl sites for hydroxylation is 1. The summed E-state index contributed by atoms with van der Waals surface area (Å²) in [6.45, 7) is 2.09. The standard InChI is InChI=1S/C15H17N3/c1-10-13(11-5-3-4-6-12(11)18-10)14(17-2)15(9-16)7-8-15/h3-6,14,17-18H,7-8H2,1-2H3. The first-order valence-corrected chi connectivity index (χ1v) is 6.37. The number of nitrogens with one attached hydrogen (secondary N) is 2. The van der Waals surface area contributed by atoms with E-state index in [-0.39, 0.29) is 11.5 Å². The van der Waals surface area contributed by atoms with Gasteiger partial charge in [0, 0.05) is 16.6 Å². The molecular weight excluding hydrogens is 222 g/mol. The van der Waals surface area contributed by atoms with Gasteiger partial charge in [0.05, 0.1) is 17.5 Å². The van der Waals surface area contributed by atoms with E-state index >= 15 is 0 Å². The number of H-pyrrole nitrogens is 1. The minimum atomic E-state index is -0.204. The van der Waals surface area contributed by atoms with Gasteiger partial charge < -0.3 is 10.3 Å². The zero-order valence-corrected chi connectivity index (χ0v) is 10.7. The number of benzene rings is 1. The van der Waals surface area contributed by atoms with Crippen LogP contribution in [0, 0.1) is 23.7 Å². The van der Waals surface area contributed by atoms with Crippen molar-refractivity contribution < 1.29 is 0 Å². The molecule has 0 bridgehead atoms. The number of nitriles is 1. The zero-order chi connectivity index (χ0) is 12.8. The lowest BCUT2D eigenvalue weighted by Gasteiger charge is -2.21. The van der Waals surface area contributed by atoms with Gasteiger partial charge in [0.2, 0.25) is 0 Å². The van der Waals surface area contributed by atoms with Crippen molar-refractivity contribution in [3.8, 4) is 6.07 Å². The Labute approximate surface area is 107 Å². The largest absolute Gasteiger partial charge is 0.358 e. The fourth-order valence-corrected chi connectivity index (χ4v) is 2.97. The summed E-state index contributed by atoms with van der Waals surface area (Å²) >= 11 is 0. The van der Waals surface area contributed by atoms with Gasteiger partial charge in [-0.05, 0) is 38.4 Å². The van der Waals surface area contributed by atoms with Crippen LogP contribution >= 0.6 is 0 Å². The van der Waals surface area contributed by atoms with Crippen LogP contribution in [0.1, 0.15) is 30.1 Å². The number of hydrogen-bond acceptors (Lipinski definition) is 2. The third-order valence-electron chi connectivity index (χ3n) is 4.08. The van der Waals surface area contributed by atoms with Crippen LogP contribution in [-0.2, 0) is 0 Å². The second-order valence-electron chi connectivity index (χ2n) is 5.20. The summed E-state index contributed by atoms with van der Waals surface area (Å²) in [5.74, 6) is 0. The van der Waals surface area contributed by atoms with Gasteiger partial charge in [-0.3, -0.25) is 0 Å². The molecular formula is C15H17N3. The molecule has 18 heavy (non-hydrogen) atoms. The highest BCUT2D eigenvalue weighted by Gasteiger charge is 2.51. The van der Waals surface area contributed by atoms with Crippen LogP contribution in [0.15, 0.2) is 24.3 Å². The molecule has 3 nitrogen and oxygen atoms in total. The molecule has 2 aromatic rings. The van der Waals surface area contributed by atoms with E-state index < -0.39 is 0 Å². The van der Waals surface area contributed by atoms with Crippen molar-refractivity contribution in [3.63, 3.8) is 0 Å². The maximum atomic E-state index is 9.42. The Balaban J connectivity index is 2.19. The van der Waals surface area contributed by atoms with E-state index in [9.17, 15) is 5.26 Å². The topological polar surface area (TPSA) is 51.6 Å². The summed E-state index contributed by atoms with van der Waals surface area (Å²) < 4.78 is 0. The molecule has 1 atom stereocenters. The van der Waals surface area contributed by atoms with Gasteiger partial charge >= 0.3 is 0 Å². The maximum absolute atomic E-state index is 9.42. The number of nitrogens with zero attached hydrogens (tertiary/aromatic N) is 1. The van der Waals surface area contributed by atoms with Gasteiger partial charge in [0.15, 0.2) is 0 Å². The summed E-state index contributed by atoms with van der Waals surface area (Å²) in [5, 5.41) is 14.0. The minimum Gasteiger partial charge on any atom is -0.358 e. The highest BCUT2D eigenvalue weighted by atomic mass is 14.9. The van der Waals surface area contributed by atoms with Gasteiger partial charge in [-0.1, -0.05) is 18.2 Å². The Morgan fingerprint density at radius 3 is 2.72 bits per heavy atom. The number of para-hydroxylation sites is 1. The second-order valence-corrected chi connectivity index (χ2v) is 5.20.